The third-order valence-corrected chi connectivity index (χ3v) is 3.11. The van der Waals surface area contributed by atoms with Gasteiger partial charge in [0.15, 0.2) is 0 Å². The second-order valence-corrected chi connectivity index (χ2v) is 4.84. The summed E-state index contributed by atoms with van der Waals surface area (Å²) in [6.45, 7) is 3.24. The molecule has 0 fully saturated rings. The molecule has 0 saturated carbocycles. The molecule has 2 rings (SSSR count). The topological polar surface area (TPSA) is 56.3 Å². The average Bonchev–Trinajstić information content (AvgIpc) is 2.47. The first-order chi connectivity index (χ1) is 9.72. The van der Waals surface area contributed by atoms with E-state index >= 15 is 0 Å². The first-order valence-corrected chi connectivity index (χ1v) is 7.04. The Hall–Kier alpha value is -1.82. The number of aromatic nitrogens is 2. The maximum absolute atomic E-state index is 5.47. The van der Waals surface area contributed by atoms with E-state index in [-0.39, 0.29) is 0 Å². The summed E-state index contributed by atoms with van der Waals surface area (Å²) in [6.07, 6.45) is 1.66. The summed E-state index contributed by atoms with van der Waals surface area (Å²) >= 11 is 3.32. The average molecular weight is 338 g/mol. The Kier molecular flexibility index (Phi) is 5.17. The Labute approximate surface area is 126 Å². The van der Waals surface area contributed by atoms with Gasteiger partial charge in [-0.2, -0.15) is 4.98 Å². The number of hydrogen-bond acceptors (Lipinski definition) is 5. The Bertz CT molecular complexity index is 578. The number of nitrogens with one attached hydrogen (secondary N) is 1. The second kappa shape index (κ2) is 7.09. The van der Waals surface area contributed by atoms with Gasteiger partial charge in [0.1, 0.15) is 5.75 Å². The minimum absolute atomic E-state index is 0.505. The van der Waals surface area contributed by atoms with E-state index in [0.29, 0.717) is 25.0 Å². The smallest absolute Gasteiger partial charge is 0.232 e. The molecule has 0 saturated heterocycles. The third-order valence-electron chi connectivity index (χ3n) is 2.57. The van der Waals surface area contributed by atoms with E-state index in [1.165, 1.54) is 0 Å². The van der Waals surface area contributed by atoms with Crippen LogP contribution in [0.1, 0.15) is 12.5 Å². The van der Waals surface area contributed by atoms with Crippen LogP contribution < -0.4 is 14.8 Å². The molecule has 0 radical (unpaired) electrons. The van der Waals surface area contributed by atoms with Crippen LogP contribution in [0.4, 0.5) is 5.95 Å². The molecule has 1 heterocycles. The highest BCUT2D eigenvalue weighted by Crippen LogP contribution is 2.22. The minimum Gasteiger partial charge on any atom is -0.494 e. The van der Waals surface area contributed by atoms with Crippen molar-refractivity contribution in [2.45, 2.75) is 13.5 Å². The van der Waals surface area contributed by atoms with E-state index in [1.54, 1.807) is 13.3 Å². The van der Waals surface area contributed by atoms with Crippen molar-refractivity contribution in [2.75, 3.05) is 19.0 Å². The summed E-state index contributed by atoms with van der Waals surface area (Å²) in [6, 6.07) is 7.91. The van der Waals surface area contributed by atoms with Crippen molar-refractivity contribution in [3.05, 3.63) is 40.5 Å². The first kappa shape index (κ1) is 14.6. The molecule has 5 nitrogen and oxygen atoms in total. The van der Waals surface area contributed by atoms with Gasteiger partial charge >= 0.3 is 0 Å². The van der Waals surface area contributed by atoms with Gasteiger partial charge in [-0.15, -0.1) is 0 Å². The van der Waals surface area contributed by atoms with Crippen LogP contribution in [0.5, 0.6) is 11.6 Å². The molecule has 0 spiro atoms. The fraction of sp³-hybridized carbons (Fsp3) is 0.286. The number of nitrogens with zero attached hydrogens (tertiary/aromatic N) is 2. The zero-order chi connectivity index (χ0) is 14.4. The molecule has 0 bridgehead atoms. The number of ether oxygens (including phenoxy) is 2. The summed E-state index contributed by atoms with van der Waals surface area (Å²) in [5.74, 6) is 1.89. The third kappa shape index (κ3) is 3.84. The molecule has 0 unspecified atom stereocenters. The van der Waals surface area contributed by atoms with E-state index in [2.05, 4.69) is 31.2 Å². The number of anilines is 1. The monoisotopic (exact) mass is 337 g/mol. The van der Waals surface area contributed by atoms with Crippen LogP contribution >= 0.6 is 15.9 Å². The van der Waals surface area contributed by atoms with Crippen molar-refractivity contribution < 1.29 is 9.47 Å². The van der Waals surface area contributed by atoms with E-state index < -0.39 is 0 Å². The largest absolute Gasteiger partial charge is 0.494 e. The number of hydrogen-bond donors (Lipinski definition) is 1. The normalized spacial score (nSPS) is 10.2. The molecule has 0 aliphatic rings. The van der Waals surface area contributed by atoms with Gasteiger partial charge in [0.2, 0.25) is 11.8 Å². The predicted octanol–water partition coefficient (Wildman–Crippen LogP) is 3.26. The van der Waals surface area contributed by atoms with Gasteiger partial charge in [-0.3, -0.25) is 0 Å². The molecular weight excluding hydrogens is 322 g/mol. The van der Waals surface area contributed by atoms with Crippen LogP contribution in [0.3, 0.4) is 0 Å². The van der Waals surface area contributed by atoms with Gasteiger partial charge in [0, 0.05) is 6.54 Å². The Morgan fingerprint density at radius 3 is 2.95 bits per heavy atom. The molecule has 6 heteroatoms. The number of benzene rings is 1. The molecule has 20 heavy (non-hydrogen) atoms. The number of halogens is 1. The van der Waals surface area contributed by atoms with Crippen LogP contribution in [-0.2, 0) is 6.54 Å². The Morgan fingerprint density at radius 2 is 2.20 bits per heavy atom. The van der Waals surface area contributed by atoms with E-state index in [4.69, 9.17) is 9.47 Å². The molecule has 0 aliphatic heterocycles. The minimum atomic E-state index is 0.505. The molecule has 1 N–H and O–H groups in total. The molecule has 1 aromatic heterocycles. The summed E-state index contributed by atoms with van der Waals surface area (Å²) in [5, 5.41) is 3.15. The van der Waals surface area contributed by atoms with Gasteiger partial charge < -0.3 is 14.8 Å². The second-order valence-electron chi connectivity index (χ2n) is 3.98. The Balaban J connectivity index is 2.03. The summed E-state index contributed by atoms with van der Waals surface area (Å²) < 4.78 is 11.3. The summed E-state index contributed by atoms with van der Waals surface area (Å²) in [7, 11) is 1.57. The van der Waals surface area contributed by atoms with Crippen molar-refractivity contribution in [2.24, 2.45) is 0 Å². The van der Waals surface area contributed by atoms with Crippen LogP contribution in [0.2, 0.25) is 0 Å². The van der Waals surface area contributed by atoms with Crippen molar-refractivity contribution in [3.63, 3.8) is 0 Å². The molecule has 0 aliphatic carbocycles. The molecule has 0 amide bonds. The maximum Gasteiger partial charge on any atom is 0.232 e. The fourth-order valence-corrected chi connectivity index (χ4v) is 2.03. The van der Waals surface area contributed by atoms with Gasteiger partial charge in [-0.25, -0.2) is 4.98 Å². The number of methoxy groups -OCH3 is 1. The quantitative estimate of drug-likeness (QED) is 0.876. The first-order valence-electron chi connectivity index (χ1n) is 6.25. The van der Waals surface area contributed by atoms with Crippen LogP contribution in [0, 0.1) is 0 Å². The standard InChI is InChI=1S/C14H16BrN3O2/c1-3-20-11-6-4-5-10(7-11)8-16-14-17-9-12(15)13(18-14)19-2/h4-7,9H,3,8H2,1-2H3,(H,16,17,18). The van der Waals surface area contributed by atoms with Crippen LogP contribution in [0.15, 0.2) is 34.9 Å². The van der Waals surface area contributed by atoms with Gasteiger partial charge in [0.25, 0.3) is 0 Å². The van der Waals surface area contributed by atoms with Gasteiger partial charge in [0.05, 0.1) is 24.4 Å². The lowest BCUT2D eigenvalue weighted by atomic mass is 10.2. The van der Waals surface area contributed by atoms with Crippen LogP contribution in [0.25, 0.3) is 0 Å². The molecular formula is C14H16BrN3O2. The highest BCUT2D eigenvalue weighted by Gasteiger charge is 2.05. The van der Waals surface area contributed by atoms with E-state index in [0.717, 1.165) is 15.8 Å². The SMILES string of the molecule is CCOc1cccc(CNc2ncc(Br)c(OC)n2)c1. The molecule has 106 valence electrons. The number of rotatable bonds is 6. The Morgan fingerprint density at radius 1 is 1.35 bits per heavy atom. The zero-order valence-corrected chi connectivity index (χ0v) is 13.0. The maximum atomic E-state index is 5.47. The molecule has 2 aromatic rings. The van der Waals surface area contributed by atoms with Crippen molar-refractivity contribution in [1.82, 2.24) is 9.97 Å². The van der Waals surface area contributed by atoms with E-state index in [1.807, 2.05) is 31.2 Å². The summed E-state index contributed by atoms with van der Waals surface area (Å²) in [4.78, 5) is 8.42. The predicted molar refractivity (Wildman–Crippen MR) is 81.2 cm³/mol. The molecule has 0 atom stereocenters. The van der Waals surface area contributed by atoms with Crippen LogP contribution in [-0.4, -0.2) is 23.7 Å². The highest BCUT2D eigenvalue weighted by molar-refractivity contribution is 9.10. The van der Waals surface area contributed by atoms with Crippen molar-refractivity contribution >= 4 is 21.9 Å². The van der Waals surface area contributed by atoms with E-state index in [9.17, 15) is 0 Å². The zero-order valence-electron chi connectivity index (χ0n) is 11.4. The highest BCUT2D eigenvalue weighted by atomic mass is 79.9. The van der Waals surface area contributed by atoms with Gasteiger partial charge in [-0.05, 0) is 40.5 Å². The molecule has 1 aromatic carbocycles. The lowest BCUT2D eigenvalue weighted by molar-refractivity contribution is 0.340. The van der Waals surface area contributed by atoms with Crippen molar-refractivity contribution in [1.29, 1.82) is 0 Å². The van der Waals surface area contributed by atoms with Crippen molar-refractivity contribution in [3.8, 4) is 11.6 Å². The fourth-order valence-electron chi connectivity index (χ4n) is 1.67. The lowest BCUT2D eigenvalue weighted by Crippen LogP contribution is -2.05. The lowest BCUT2D eigenvalue weighted by Gasteiger charge is -2.09. The summed E-state index contributed by atoms with van der Waals surface area (Å²) in [5.41, 5.74) is 1.10. The van der Waals surface area contributed by atoms with Gasteiger partial charge in [-0.1, -0.05) is 12.1 Å².